The van der Waals surface area contributed by atoms with Crippen LogP contribution in [0.5, 0.6) is 0 Å². The summed E-state index contributed by atoms with van der Waals surface area (Å²) in [5, 5.41) is 21.0. The standard InChI is InChI=1S/C22H15N5O3/c23-14-17-9-4-5-10-18(17)15-30-22(28)20(13-19-11-6-12-29-19)27-21(24-25-26-27)16-7-2-1-3-8-16/h1-13H,15H2/b20-13-. The fourth-order valence-electron chi connectivity index (χ4n) is 2.80. The number of rotatable bonds is 6. The summed E-state index contributed by atoms with van der Waals surface area (Å²) in [7, 11) is 0. The fourth-order valence-corrected chi connectivity index (χ4v) is 2.80. The number of benzene rings is 2. The predicted octanol–water partition coefficient (Wildman–Crippen LogP) is 3.55. The Morgan fingerprint density at radius 1 is 1.10 bits per heavy atom. The summed E-state index contributed by atoms with van der Waals surface area (Å²) >= 11 is 0. The van der Waals surface area contributed by atoms with E-state index < -0.39 is 5.97 Å². The summed E-state index contributed by atoms with van der Waals surface area (Å²) in [5.41, 5.74) is 1.85. The maximum atomic E-state index is 13.0. The van der Waals surface area contributed by atoms with E-state index in [4.69, 9.17) is 9.15 Å². The van der Waals surface area contributed by atoms with Gasteiger partial charge in [-0.15, -0.1) is 5.10 Å². The molecule has 0 spiro atoms. The van der Waals surface area contributed by atoms with E-state index in [0.717, 1.165) is 5.56 Å². The van der Waals surface area contributed by atoms with Crippen LogP contribution in [0.25, 0.3) is 23.2 Å². The van der Waals surface area contributed by atoms with Gasteiger partial charge in [0, 0.05) is 17.2 Å². The van der Waals surface area contributed by atoms with Gasteiger partial charge in [0.15, 0.2) is 11.5 Å². The Hall–Kier alpha value is -4.51. The molecule has 0 fully saturated rings. The van der Waals surface area contributed by atoms with Crippen molar-refractivity contribution in [2.75, 3.05) is 0 Å². The van der Waals surface area contributed by atoms with E-state index in [-0.39, 0.29) is 12.3 Å². The summed E-state index contributed by atoms with van der Waals surface area (Å²) in [6.07, 6.45) is 3.00. The second-order valence-corrected chi connectivity index (χ2v) is 6.17. The molecule has 0 atom stereocenters. The molecule has 0 aliphatic heterocycles. The van der Waals surface area contributed by atoms with Crippen LogP contribution in [0.3, 0.4) is 0 Å². The first-order valence-corrected chi connectivity index (χ1v) is 9.01. The zero-order valence-electron chi connectivity index (χ0n) is 15.7. The lowest BCUT2D eigenvalue weighted by Crippen LogP contribution is -2.15. The molecule has 4 aromatic rings. The predicted molar refractivity (Wildman–Crippen MR) is 107 cm³/mol. The first-order chi connectivity index (χ1) is 14.8. The quantitative estimate of drug-likeness (QED) is 0.362. The van der Waals surface area contributed by atoms with Crippen LogP contribution in [0.4, 0.5) is 0 Å². The highest BCUT2D eigenvalue weighted by molar-refractivity contribution is 6.15. The second kappa shape index (κ2) is 8.67. The third kappa shape index (κ3) is 4.00. The molecule has 4 rings (SSSR count). The highest BCUT2D eigenvalue weighted by atomic mass is 16.5. The lowest BCUT2D eigenvalue weighted by molar-refractivity contribution is -0.138. The van der Waals surface area contributed by atoms with Gasteiger partial charge >= 0.3 is 5.97 Å². The number of ether oxygens (including phenoxy) is 1. The van der Waals surface area contributed by atoms with Crippen molar-refractivity contribution >= 4 is 17.7 Å². The van der Waals surface area contributed by atoms with Gasteiger partial charge < -0.3 is 9.15 Å². The van der Waals surface area contributed by atoms with Crippen molar-refractivity contribution in [3.8, 4) is 17.5 Å². The molecular formula is C22H15N5O3. The van der Waals surface area contributed by atoms with Crippen LogP contribution in [0, 0.1) is 11.3 Å². The number of aromatic nitrogens is 4. The minimum absolute atomic E-state index is 0.0686. The zero-order chi connectivity index (χ0) is 20.8. The highest BCUT2D eigenvalue weighted by Gasteiger charge is 2.21. The van der Waals surface area contributed by atoms with E-state index in [1.54, 1.807) is 36.4 Å². The molecule has 0 saturated heterocycles. The first kappa shape index (κ1) is 18.8. The minimum Gasteiger partial charge on any atom is -0.465 e. The monoisotopic (exact) mass is 397 g/mol. The Balaban J connectivity index is 1.68. The molecule has 2 aromatic heterocycles. The van der Waals surface area contributed by atoms with Crippen LogP contribution < -0.4 is 0 Å². The van der Waals surface area contributed by atoms with Crippen molar-refractivity contribution in [1.82, 2.24) is 20.2 Å². The van der Waals surface area contributed by atoms with Gasteiger partial charge in [0.05, 0.1) is 17.9 Å². The largest absolute Gasteiger partial charge is 0.465 e. The highest BCUT2D eigenvalue weighted by Crippen LogP contribution is 2.22. The number of esters is 1. The first-order valence-electron chi connectivity index (χ1n) is 9.01. The number of hydrogen-bond donors (Lipinski definition) is 0. The van der Waals surface area contributed by atoms with E-state index in [1.165, 1.54) is 17.0 Å². The molecular weight excluding hydrogens is 382 g/mol. The maximum Gasteiger partial charge on any atom is 0.357 e. The third-order valence-electron chi connectivity index (χ3n) is 4.26. The number of tetrazole rings is 1. The van der Waals surface area contributed by atoms with Gasteiger partial charge in [0.2, 0.25) is 0 Å². The van der Waals surface area contributed by atoms with Crippen LogP contribution in [-0.4, -0.2) is 26.2 Å². The molecule has 2 aromatic carbocycles. The zero-order valence-corrected chi connectivity index (χ0v) is 15.7. The molecule has 8 heteroatoms. The van der Waals surface area contributed by atoms with Gasteiger partial charge in [-0.25, -0.2) is 4.79 Å². The summed E-state index contributed by atoms with van der Waals surface area (Å²) in [6, 6.07) is 21.6. The number of hydrogen-bond acceptors (Lipinski definition) is 7. The topological polar surface area (TPSA) is 107 Å². The molecule has 0 N–H and O–H groups in total. The van der Waals surface area contributed by atoms with E-state index in [1.807, 2.05) is 30.3 Å². The van der Waals surface area contributed by atoms with Crippen molar-refractivity contribution < 1.29 is 13.9 Å². The van der Waals surface area contributed by atoms with E-state index in [9.17, 15) is 10.1 Å². The van der Waals surface area contributed by atoms with Gasteiger partial charge in [0.1, 0.15) is 12.4 Å². The van der Waals surface area contributed by atoms with Gasteiger partial charge in [-0.05, 0) is 28.6 Å². The van der Waals surface area contributed by atoms with Crippen molar-refractivity contribution in [2.24, 2.45) is 0 Å². The summed E-state index contributed by atoms with van der Waals surface area (Å²) in [5.74, 6) is 0.153. The Morgan fingerprint density at radius 3 is 2.67 bits per heavy atom. The Kier molecular flexibility index (Phi) is 5.44. The number of carbonyl (C=O) groups is 1. The molecule has 2 heterocycles. The van der Waals surface area contributed by atoms with Gasteiger partial charge in [-0.2, -0.15) is 9.94 Å². The fraction of sp³-hybridized carbons (Fsp3) is 0.0455. The smallest absolute Gasteiger partial charge is 0.357 e. The lowest BCUT2D eigenvalue weighted by atomic mass is 10.1. The van der Waals surface area contributed by atoms with Crippen LogP contribution in [0.1, 0.15) is 16.9 Å². The van der Waals surface area contributed by atoms with Crippen molar-refractivity contribution in [1.29, 1.82) is 5.26 Å². The molecule has 0 aliphatic rings. The molecule has 0 bridgehead atoms. The van der Waals surface area contributed by atoms with Crippen LogP contribution in [0.15, 0.2) is 77.4 Å². The van der Waals surface area contributed by atoms with E-state index in [2.05, 4.69) is 21.6 Å². The summed E-state index contributed by atoms with van der Waals surface area (Å²) in [4.78, 5) is 13.0. The van der Waals surface area contributed by atoms with Crippen LogP contribution in [-0.2, 0) is 16.1 Å². The molecule has 8 nitrogen and oxygen atoms in total. The van der Waals surface area contributed by atoms with Crippen molar-refractivity contribution in [3.05, 3.63) is 89.9 Å². The minimum atomic E-state index is -0.663. The Morgan fingerprint density at radius 2 is 1.90 bits per heavy atom. The number of carbonyl (C=O) groups excluding carboxylic acids is 1. The molecule has 0 saturated carbocycles. The number of nitriles is 1. The molecule has 0 unspecified atom stereocenters. The Bertz CT molecular complexity index is 1220. The molecule has 0 amide bonds. The third-order valence-corrected chi connectivity index (χ3v) is 4.26. The SMILES string of the molecule is N#Cc1ccccc1COC(=O)/C(=C/c1ccco1)n1nnnc1-c1ccccc1. The maximum absolute atomic E-state index is 13.0. The summed E-state index contributed by atoms with van der Waals surface area (Å²) < 4.78 is 12.1. The van der Waals surface area contributed by atoms with Crippen LogP contribution >= 0.6 is 0 Å². The molecule has 0 aliphatic carbocycles. The normalized spacial score (nSPS) is 11.1. The average molecular weight is 397 g/mol. The molecule has 0 radical (unpaired) electrons. The lowest BCUT2D eigenvalue weighted by Gasteiger charge is -2.10. The van der Waals surface area contributed by atoms with Gasteiger partial charge in [-0.3, -0.25) is 0 Å². The van der Waals surface area contributed by atoms with Gasteiger partial charge in [-0.1, -0.05) is 48.5 Å². The average Bonchev–Trinajstić information content (AvgIpc) is 3.48. The summed E-state index contributed by atoms with van der Waals surface area (Å²) in [6.45, 7) is -0.0686. The van der Waals surface area contributed by atoms with Crippen molar-refractivity contribution in [2.45, 2.75) is 6.61 Å². The molecule has 146 valence electrons. The van der Waals surface area contributed by atoms with Gasteiger partial charge in [0.25, 0.3) is 0 Å². The van der Waals surface area contributed by atoms with Crippen LogP contribution in [0.2, 0.25) is 0 Å². The molecule has 30 heavy (non-hydrogen) atoms. The van der Waals surface area contributed by atoms with E-state index >= 15 is 0 Å². The van der Waals surface area contributed by atoms with E-state index in [0.29, 0.717) is 22.7 Å². The number of furan rings is 1. The number of nitrogens with zero attached hydrogens (tertiary/aromatic N) is 5. The Labute approximate surface area is 171 Å². The second-order valence-electron chi connectivity index (χ2n) is 6.17. The van der Waals surface area contributed by atoms with Crippen molar-refractivity contribution in [3.63, 3.8) is 0 Å².